The van der Waals surface area contributed by atoms with Gasteiger partial charge < -0.3 is 0 Å². The van der Waals surface area contributed by atoms with E-state index in [-0.39, 0.29) is 0 Å². The summed E-state index contributed by atoms with van der Waals surface area (Å²) in [5.74, 6) is 0.656. The highest BCUT2D eigenvalue weighted by Gasteiger charge is 2.40. The highest BCUT2D eigenvalue weighted by atomic mass is 14.8. The maximum absolute atomic E-state index is 5.07. The highest BCUT2D eigenvalue weighted by Crippen LogP contribution is 2.52. The molecule has 3 aromatic carbocycles. The highest BCUT2D eigenvalue weighted by molar-refractivity contribution is 6.14. The largest absolute Gasteiger partial charge is 0.256 e. The predicted molar refractivity (Wildman–Crippen MR) is 99.7 cm³/mol. The molecule has 114 valence electrons. The lowest BCUT2D eigenvalue weighted by Crippen LogP contribution is -2.26. The van der Waals surface area contributed by atoms with Crippen molar-refractivity contribution < 1.29 is 0 Å². The Morgan fingerprint density at radius 1 is 1.00 bits per heavy atom. The molecule has 24 heavy (non-hydrogen) atoms. The molecule has 1 nitrogen and oxygen atoms in total. The lowest BCUT2D eigenvalue weighted by atomic mass is 9.68. The summed E-state index contributed by atoms with van der Waals surface area (Å²) >= 11 is 0. The molecular weight excluding hydrogens is 290 g/mol. The van der Waals surface area contributed by atoms with Gasteiger partial charge in [0.05, 0.1) is 11.6 Å². The quantitative estimate of drug-likeness (QED) is 0.481. The van der Waals surface area contributed by atoms with Gasteiger partial charge >= 0.3 is 0 Å². The molecule has 0 saturated heterocycles. The Morgan fingerprint density at radius 2 is 1.88 bits per heavy atom. The third-order valence-electron chi connectivity index (χ3n) is 5.93. The van der Waals surface area contributed by atoms with Crippen molar-refractivity contribution in [2.24, 2.45) is 4.99 Å². The van der Waals surface area contributed by atoms with Gasteiger partial charge in [-0.15, -0.1) is 0 Å². The maximum atomic E-state index is 5.07. The second kappa shape index (κ2) is 4.24. The Balaban J connectivity index is 1.81. The van der Waals surface area contributed by atoms with Crippen LogP contribution in [-0.2, 0) is 6.42 Å². The lowest BCUT2D eigenvalue weighted by molar-refractivity contribution is 0.956. The van der Waals surface area contributed by atoms with E-state index in [9.17, 15) is 0 Å². The first-order valence-electron chi connectivity index (χ1n) is 8.72. The van der Waals surface area contributed by atoms with E-state index in [0.717, 1.165) is 12.1 Å². The van der Waals surface area contributed by atoms with E-state index in [1.165, 1.54) is 44.3 Å². The lowest BCUT2D eigenvalue weighted by Gasteiger charge is -2.34. The molecule has 6 rings (SSSR count). The van der Waals surface area contributed by atoms with E-state index in [0.29, 0.717) is 11.8 Å². The van der Waals surface area contributed by atoms with E-state index < -0.39 is 0 Å². The number of fused-ring (bicyclic) bond motifs is 5. The molecule has 0 radical (unpaired) electrons. The van der Waals surface area contributed by atoms with E-state index in [1.807, 2.05) is 0 Å². The zero-order valence-corrected chi connectivity index (χ0v) is 13.6. The maximum Gasteiger partial charge on any atom is 0.0671 e. The second-order valence-corrected chi connectivity index (χ2v) is 7.17. The minimum atomic E-state index is 0.319. The fourth-order valence-electron chi connectivity index (χ4n) is 4.99. The number of aryl methyl sites for hydroxylation is 1. The molecule has 2 unspecified atom stereocenters. The molecule has 0 N–H and O–H groups in total. The van der Waals surface area contributed by atoms with Crippen LogP contribution in [0.25, 0.3) is 10.8 Å². The molecule has 1 heteroatoms. The van der Waals surface area contributed by atoms with Crippen LogP contribution >= 0.6 is 0 Å². The molecule has 2 atom stereocenters. The van der Waals surface area contributed by atoms with Crippen LogP contribution in [0.15, 0.2) is 65.7 Å². The Hall–Kier alpha value is -2.67. The first-order chi connectivity index (χ1) is 11.8. The molecule has 2 aliphatic carbocycles. The van der Waals surface area contributed by atoms with E-state index in [4.69, 9.17) is 4.99 Å². The van der Waals surface area contributed by atoms with Crippen molar-refractivity contribution in [3.63, 3.8) is 0 Å². The number of allylic oxidation sites excluding steroid dienone is 2. The molecule has 0 fully saturated rings. The smallest absolute Gasteiger partial charge is 0.0671 e. The number of hydrogen-bond acceptors (Lipinski definition) is 1. The van der Waals surface area contributed by atoms with Gasteiger partial charge in [0.15, 0.2) is 0 Å². The van der Waals surface area contributed by atoms with Crippen molar-refractivity contribution in [2.75, 3.05) is 0 Å². The van der Waals surface area contributed by atoms with Gasteiger partial charge in [-0.05, 0) is 58.0 Å². The summed E-state index contributed by atoms with van der Waals surface area (Å²) in [5.41, 5.74) is 9.67. The normalized spacial score (nSPS) is 22.3. The average Bonchev–Trinajstić information content (AvgIpc) is 3.01. The summed E-state index contributed by atoms with van der Waals surface area (Å²) in [6.07, 6.45) is 5.75. The average molecular weight is 307 g/mol. The summed E-state index contributed by atoms with van der Waals surface area (Å²) in [6.45, 7) is 2.25. The van der Waals surface area contributed by atoms with Gasteiger partial charge in [-0.1, -0.05) is 54.6 Å². The van der Waals surface area contributed by atoms with Crippen LogP contribution in [0.5, 0.6) is 0 Å². The van der Waals surface area contributed by atoms with Crippen LogP contribution in [0.3, 0.4) is 0 Å². The van der Waals surface area contributed by atoms with Crippen molar-refractivity contribution in [2.45, 2.75) is 25.2 Å². The van der Waals surface area contributed by atoms with Crippen molar-refractivity contribution in [3.8, 4) is 0 Å². The third-order valence-corrected chi connectivity index (χ3v) is 5.93. The van der Waals surface area contributed by atoms with Crippen molar-refractivity contribution >= 4 is 22.2 Å². The first kappa shape index (κ1) is 12.7. The number of benzene rings is 3. The molecule has 0 bridgehead atoms. The van der Waals surface area contributed by atoms with Crippen LogP contribution in [-0.4, -0.2) is 5.71 Å². The minimum absolute atomic E-state index is 0.319. The number of nitrogens with zero attached hydrogens (tertiary/aromatic N) is 1. The summed E-state index contributed by atoms with van der Waals surface area (Å²) < 4.78 is 0. The van der Waals surface area contributed by atoms with Crippen LogP contribution in [0, 0.1) is 6.92 Å². The minimum Gasteiger partial charge on any atom is -0.256 e. The zero-order valence-electron chi connectivity index (χ0n) is 13.6. The monoisotopic (exact) mass is 307 g/mol. The zero-order chi connectivity index (χ0) is 15.8. The predicted octanol–water partition coefficient (Wildman–Crippen LogP) is 5.58. The van der Waals surface area contributed by atoms with Crippen LogP contribution in [0.2, 0.25) is 0 Å². The standard InChI is InChI=1S/C23H17N/c1-13-12-14-6-4-10-18-20(14)21-15(13)8-5-9-17(21)22-16-7-2-3-11-19(16)24-23(18)22/h2-5,7-12,18,22H,6H2,1H3. The van der Waals surface area contributed by atoms with Crippen LogP contribution < -0.4 is 0 Å². The van der Waals surface area contributed by atoms with Crippen molar-refractivity contribution in [1.82, 2.24) is 0 Å². The Bertz CT molecular complexity index is 1100. The van der Waals surface area contributed by atoms with Gasteiger partial charge in [0.2, 0.25) is 0 Å². The van der Waals surface area contributed by atoms with Gasteiger partial charge in [-0.2, -0.15) is 0 Å². The summed E-state index contributed by atoms with van der Waals surface area (Å²) in [7, 11) is 0. The van der Waals surface area contributed by atoms with Crippen LogP contribution in [0.1, 0.15) is 39.7 Å². The summed E-state index contributed by atoms with van der Waals surface area (Å²) in [6, 6.07) is 17.9. The van der Waals surface area contributed by atoms with Crippen LogP contribution in [0.4, 0.5) is 5.69 Å². The topological polar surface area (TPSA) is 12.4 Å². The van der Waals surface area contributed by atoms with Crippen molar-refractivity contribution in [3.05, 3.63) is 88.5 Å². The molecule has 3 aromatic rings. The molecule has 0 amide bonds. The number of para-hydroxylation sites is 1. The fraction of sp³-hybridized carbons (Fsp3) is 0.174. The Labute approximate surface area is 141 Å². The molecule has 1 aliphatic heterocycles. The van der Waals surface area contributed by atoms with E-state index >= 15 is 0 Å². The molecule has 3 aliphatic rings. The molecule has 0 spiro atoms. The number of hydrogen-bond donors (Lipinski definition) is 0. The van der Waals surface area contributed by atoms with E-state index in [2.05, 4.69) is 67.6 Å². The van der Waals surface area contributed by atoms with E-state index in [1.54, 1.807) is 0 Å². The Morgan fingerprint density at radius 3 is 2.83 bits per heavy atom. The summed E-state index contributed by atoms with van der Waals surface area (Å²) in [5, 5.41) is 2.90. The van der Waals surface area contributed by atoms with Gasteiger partial charge in [-0.25, -0.2) is 0 Å². The summed E-state index contributed by atoms with van der Waals surface area (Å²) in [4.78, 5) is 5.07. The van der Waals surface area contributed by atoms with Gasteiger partial charge in [-0.3, -0.25) is 4.99 Å². The molecule has 1 heterocycles. The molecule has 0 saturated carbocycles. The molecular formula is C23H17N. The second-order valence-electron chi connectivity index (χ2n) is 7.17. The SMILES string of the molecule is Cc1cc2c3c4c(cccc14)C1C(=Nc4ccccc41)C3C=CC2. The van der Waals surface area contributed by atoms with Gasteiger partial charge in [0, 0.05) is 11.6 Å². The van der Waals surface area contributed by atoms with Gasteiger partial charge in [0.25, 0.3) is 0 Å². The van der Waals surface area contributed by atoms with Gasteiger partial charge in [0.1, 0.15) is 0 Å². The molecule has 0 aromatic heterocycles. The van der Waals surface area contributed by atoms with Crippen molar-refractivity contribution in [1.29, 1.82) is 0 Å². The number of aliphatic imine (C=N–C) groups is 1. The fourth-order valence-corrected chi connectivity index (χ4v) is 4.99. The first-order valence-corrected chi connectivity index (χ1v) is 8.72. The third kappa shape index (κ3) is 1.39. The Kier molecular flexibility index (Phi) is 2.25. The number of rotatable bonds is 0.